The van der Waals surface area contributed by atoms with Crippen molar-refractivity contribution in [1.29, 1.82) is 0 Å². The minimum Gasteiger partial charge on any atom is -0.458 e. The van der Waals surface area contributed by atoms with E-state index in [1.807, 2.05) is 0 Å². The van der Waals surface area contributed by atoms with Crippen molar-refractivity contribution in [1.82, 2.24) is 0 Å². The van der Waals surface area contributed by atoms with Gasteiger partial charge in [-0.05, 0) is 110 Å². The van der Waals surface area contributed by atoms with Crippen LogP contribution in [0.25, 0.3) is 0 Å². The Labute approximate surface area is 234 Å². The highest BCUT2D eigenvalue weighted by molar-refractivity contribution is 5.89. The van der Waals surface area contributed by atoms with Crippen molar-refractivity contribution in [3.8, 4) is 0 Å². The average molecular weight is 534 g/mol. The molecule has 0 heterocycles. The number of nitrogens with zero attached hydrogens (tertiary/aromatic N) is 1. The molecule has 0 saturated heterocycles. The summed E-state index contributed by atoms with van der Waals surface area (Å²) in [6, 6.07) is 5.72. The lowest BCUT2D eigenvalue weighted by Crippen LogP contribution is -2.51. The van der Waals surface area contributed by atoms with Gasteiger partial charge in [0.05, 0.1) is 10.5 Å². The third-order valence-corrected chi connectivity index (χ3v) is 11.4. The van der Waals surface area contributed by atoms with Gasteiger partial charge in [0.1, 0.15) is 6.10 Å². The summed E-state index contributed by atoms with van der Waals surface area (Å²) in [7, 11) is 0. The maximum absolute atomic E-state index is 12.8. The minimum atomic E-state index is -0.453. The Hall–Kier alpha value is -2.43. The third-order valence-electron chi connectivity index (χ3n) is 11.4. The normalized spacial score (nSPS) is 36.6. The van der Waals surface area contributed by atoms with E-state index >= 15 is 0 Å². The Bertz CT molecular complexity index is 1140. The van der Waals surface area contributed by atoms with E-state index in [0.29, 0.717) is 16.9 Å². The molecular formula is C34H47NO4. The van der Waals surface area contributed by atoms with Crippen LogP contribution in [0.15, 0.2) is 48.1 Å². The molecule has 0 spiro atoms. The molecule has 212 valence electrons. The summed E-state index contributed by atoms with van der Waals surface area (Å²) < 4.78 is 5.92. The number of benzene rings is 1. The fourth-order valence-corrected chi connectivity index (χ4v) is 9.27. The van der Waals surface area contributed by atoms with E-state index in [0.717, 1.165) is 48.9 Å². The van der Waals surface area contributed by atoms with Gasteiger partial charge in [0.25, 0.3) is 5.69 Å². The van der Waals surface area contributed by atoms with Gasteiger partial charge in [-0.25, -0.2) is 4.79 Å². The summed E-state index contributed by atoms with van der Waals surface area (Å²) in [6.45, 7) is 12.2. The van der Waals surface area contributed by atoms with Gasteiger partial charge in [0, 0.05) is 18.6 Å². The molecule has 5 rings (SSSR count). The molecule has 8 atom stereocenters. The zero-order chi connectivity index (χ0) is 27.9. The summed E-state index contributed by atoms with van der Waals surface area (Å²) in [5, 5.41) is 10.9. The summed E-state index contributed by atoms with van der Waals surface area (Å²) >= 11 is 0. The maximum atomic E-state index is 12.8. The standard InChI is InChI=1S/C34H47NO4/c1-22(2)7-6-8-23(3)29-15-16-30-28-14-11-25-21-27(17-19-33(25,4)31(28)18-20-34(29,30)5)39-32(36)24-9-12-26(13-10-24)35(37)38/h6,8-13,22-23,27-31H,7,14-21H2,1-5H3/t23-,27+,28+,29-,30+,31+,33+,34-/m1/s1. The maximum Gasteiger partial charge on any atom is 0.338 e. The van der Waals surface area contributed by atoms with Crippen molar-refractivity contribution in [3.63, 3.8) is 0 Å². The molecular weight excluding hydrogens is 486 g/mol. The minimum absolute atomic E-state index is 0.0175. The number of rotatable bonds is 7. The van der Waals surface area contributed by atoms with E-state index in [1.54, 1.807) is 0 Å². The summed E-state index contributed by atoms with van der Waals surface area (Å²) in [4.78, 5) is 23.3. The molecule has 39 heavy (non-hydrogen) atoms. The lowest BCUT2D eigenvalue weighted by Gasteiger charge is -2.58. The number of hydrogen-bond donors (Lipinski definition) is 0. The van der Waals surface area contributed by atoms with Crippen molar-refractivity contribution in [2.75, 3.05) is 0 Å². The number of esters is 1. The SMILES string of the molecule is CC(C)CC=C[C@@H](C)[C@H]1CC[C@H]2[C@@H]3CC=C4C[C@@H](OC(=O)c5ccc([N+](=O)[O-])cc5)CC[C@]4(C)[C@H]3CC[C@]12C. The van der Waals surface area contributed by atoms with Crippen LogP contribution in [-0.2, 0) is 4.74 Å². The molecule has 4 aliphatic rings. The second-order valence-electron chi connectivity index (χ2n) is 14.0. The smallest absolute Gasteiger partial charge is 0.338 e. The molecule has 5 heteroatoms. The molecule has 0 radical (unpaired) electrons. The first-order chi connectivity index (χ1) is 18.5. The Kier molecular flexibility index (Phi) is 7.83. The van der Waals surface area contributed by atoms with Gasteiger partial charge in [-0.1, -0.05) is 58.4 Å². The van der Waals surface area contributed by atoms with Crippen LogP contribution in [0.3, 0.4) is 0 Å². The zero-order valence-corrected chi connectivity index (χ0v) is 24.5. The summed E-state index contributed by atoms with van der Waals surface area (Å²) in [5.74, 6) is 4.10. The summed E-state index contributed by atoms with van der Waals surface area (Å²) in [6.07, 6.45) is 17.9. The van der Waals surface area contributed by atoms with Gasteiger partial charge in [-0.15, -0.1) is 0 Å². The second kappa shape index (κ2) is 10.9. The van der Waals surface area contributed by atoms with Crippen LogP contribution in [0.1, 0.15) is 103 Å². The van der Waals surface area contributed by atoms with Gasteiger partial charge in [0.2, 0.25) is 0 Å². The highest BCUT2D eigenvalue weighted by Gasteiger charge is 2.59. The monoisotopic (exact) mass is 533 g/mol. The molecule has 3 saturated carbocycles. The molecule has 0 amide bonds. The lowest BCUT2D eigenvalue weighted by atomic mass is 9.47. The number of nitro benzene ring substituents is 1. The third kappa shape index (κ3) is 5.23. The molecule has 3 fully saturated rings. The molecule has 0 unspecified atom stereocenters. The van der Waals surface area contributed by atoms with E-state index in [4.69, 9.17) is 4.74 Å². The lowest BCUT2D eigenvalue weighted by molar-refractivity contribution is -0.384. The predicted octanol–water partition coefficient (Wildman–Crippen LogP) is 8.94. The average Bonchev–Trinajstić information content (AvgIpc) is 3.26. The van der Waals surface area contributed by atoms with E-state index in [9.17, 15) is 14.9 Å². The number of ether oxygens (including phenoxy) is 1. The van der Waals surface area contributed by atoms with Gasteiger partial charge in [-0.2, -0.15) is 0 Å². The number of hydrogen-bond acceptors (Lipinski definition) is 4. The number of allylic oxidation sites excluding steroid dienone is 3. The number of non-ortho nitro benzene ring substituents is 1. The Morgan fingerprint density at radius 3 is 2.51 bits per heavy atom. The molecule has 1 aromatic carbocycles. The van der Waals surface area contributed by atoms with Crippen LogP contribution >= 0.6 is 0 Å². The van der Waals surface area contributed by atoms with E-state index < -0.39 is 4.92 Å². The Morgan fingerprint density at radius 1 is 1.08 bits per heavy atom. The number of carbonyl (C=O) groups is 1. The van der Waals surface area contributed by atoms with Crippen molar-refractivity contribution in [3.05, 3.63) is 63.7 Å². The number of carbonyl (C=O) groups excluding carboxylic acids is 1. The van der Waals surface area contributed by atoms with Gasteiger partial charge >= 0.3 is 5.97 Å². The number of fused-ring (bicyclic) bond motifs is 5. The molecule has 0 bridgehead atoms. The Balaban J connectivity index is 1.25. The molecule has 0 aromatic heterocycles. The van der Waals surface area contributed by atoms with E-state index in [-0.39, 0.29) is 23.2 Å². The van der Waals surface area contributed by atoms with Crippen LogP contribution in [0.5, 0.6) is 0 Å². The van der Waals surface area contributed by atoms with Crippen molar-refractivity contribution >= 4 is 11.7 Å². The highest BCUT2D eigenvalue weighted by atomic mass is 16.6. The Morgan fingerprint density at radius 2 is 1.82 bits per heavy atom. The summed E-state index contributed by atoms with van der Waals surface area (Å²) in [5.41, 5.74) is 2.52. The highest BCUT2D eigenvalue weighted by Crippen LogP contribution is 2.67. The molecule has 0 N–H and O–H groups in total. The topological polar surface area (TPSA) is 69.4 Å². The van der Waals surface area contributed by atoms with Crippen LogP contribution in [0.4, 0.5) is 5.69 Å². The van der Waals surface area contributed by atoms with Crippen LogP contribution in [0.2, 0.25) is 0 Å². The first-order valence-electron chi connectivity index (χ1n) is 15.3. The quantitative estimate of drug-likeness (QED) is 0.152. The van der Waals surface area contributed by atoms with Gasteiger partial charge in [0.15, 0.2) is 0 Å². The van der Waals surface area contributed by atoms with Gasteiger partial charge < -0.3 is 4.74 Å². The van der Waals surface area contributed by atoms with Crippen molar-refractivity contribution in [2.24, 2.45) is 46.3 Å². The fourth-order valence-electron chi connectivity index (χ4n) is 9.27. The first kappa shape index (κ1) is 28.1. The predicted molar refractivity (Wildman–Crippen MR) is 155 cm³/mol. The second-order valence-corrected chi connectivity index (χ2v) is 14.0. The van der Waals surface area contributed by atoms with Crippen LogP contribution in [0, 0.1) is 56.5 Å². The van der Waals surface area contributed by atoms with Crippen LogP contribution in [-0.4, -0.2) is 17.0 Å². The van der Waals surface area contributed by atoms with Crippen LogP contribution < -0.4 is 0 Å². The van der Waals surface area contributed by atoms with Crippen molar-refractivity contribution < 1.29 is 14.5 Å². The van der Waals surface area contributed by atoms with E-state index in [2.05, 4.69) is 52.8 Å². The van der Waals surface area contributed by atoms with Gasteiger partial charge in [-0.3, -0.25) is 10.1 Å². The zero-order valence-electron chi connectivity index (χ0n) is 24.5. The largest absolute Gasteiger partial charge is 0.458 e. The molecule has 0 aliphatic heterocycles. The number of nitro groups is 1. The molecule has 5 nitrogen and oxygen atoms in total. The fraction of sp³-hybridized carbons (Fsp3) is 0.676. The molecule has 4 aliphatic carbocycles. The molecule has 1 aromatic rings. The van der Waals surface area contributed by atoms with E-state index in [1.165, 1.54) is 68.4 Å². The first-order valence-corrected chi connectivity index (χ1v) is 15.3. The van der Waals surface area contributed by atoms with Crippen molar-refractivity contribution in [2.45, 2.75) is 98.5 Å².